The van der Waals surface area contributed by atoms with Crippen LogP contribution in [0.5, 0.6) is 0 Å². The third-order valence-corrected chi connectivity index (χ3v) is 4.52. The molecule has 1 aliphatic heterocycles. The molecule has 2 rings (SSSR count). The third kappa shape index (κ3) is 2.58. The van der Waals surface area contributed by atoms with Crippen molar-refractivity contribution >= 4 is 0 Å². The highest BCUT2D eigenvalue weighted by atomic mass is 15.3. The van der Waals surface area contributed by atoms with E-state index in [2.05, 4.69) is 30.8 Å². The Morgan fingerprint density at radius 1 is 1.19 bits per heavy atom. The number of nitrogens with two attached hydrogens (primary N) is 1. The zero-order chi connectivity index (χ0) is 11.7. The summed E-state index contributed by atoms with van der Waals surface area (Å²) in [5.74, 6) is 0.864. The minimum absolute atomic E-state index is 0.414. The van der Waals surface area contributed by atoms with Gasteiger partial charge in [0.15, 0.2) is 0 Å². The molecule has 16 heavy (non-hydrogen) atoms. The topological polar surface area (TPSA) is 32.5 Å². The van der Waals surface area contributed by atoms with Crippen molar-refractivity contribution in [2.45, 2.75) is 50.7 Å². The second-order valence-electron chi connectivity index (χ2n) is 6.05. The third-order valence-electron chi connectivity index (χ3n) is 4.52. The average Bonchev–Trinajstić information content (AvgIpc) is 2.70. The molecule has 0 radical (unpaired) electrons. The van der Waals surface area contributed by atoms with Crippen LogP contribution in [0.15, 0.2) is 0 Å². The van der Waals surface area contributed by atoms with Crippen molar-refractivity contribution in [2.75, 3.05) is 27.2 Å². The van der Waals surface area contributed by atoms with Gasteiger partial charge in [-0.1, -0.05) is 6.92 Å². The van der Waals surface area contributed by atoms with Crippen LogP contribution >= 0.6 is 0 Å². The first-order valence-electron chi connectivity index (χ1n) is 6.74. The normalized spacial score (nSPS) is 41.8. The molecule has 0 spiro atoms. The summed E-state index contributed by atoms with van der Waals surface area (Å²) < 4.78 is 0. The minimum atomic E-state index is 0.414. The van der Waals surface area contributed by atoms with Crippen LogP contribution < -0.4 is 5.73 Å². The van der Waals surface area contributed by atoms with Crippen molar-refractivity contribution in [3.63, 3.8) is 0 Å². The van der Waals surface area contributed by atoms with E-state index in [9.17, 15) is 0 Å². The Hall–Kier alpha value is -0.120. The standard InChI is InChI=1S/C13H27N3/c1-10-4-5-12(14)13(8-10)16-7-6-11(9-16)15(2)3/h10-13H,4-9,14H2,1-3H3. The van der Waals surface area contributed by atoms with E-state index in [1.54, 1.807) is 0 Å². The summed E-state index contributed by atoms with van der Waals surface area (Å²) in [6, 6.07) is 1.80. The van der Waals surface area contributed by atoms with Gasteiger partial charge in [0.05, 0.1) is 0 Å². The molecule has 0 aromatic rings. The molecule has 94 valence electrons. The van der Waals surface area contributed by atoms with Crippen molar-refractivity contribution in [2.24, 2.45) is 11.7 Å². The van der Waals surface area contributed by atoms with Crippen molar-refractivity contribution in [1.82, 2.24) is 9.80 Å². The zero-order valence-corrected chi connectivity index (χ0v) is 11.0. The molecule has 1 aliphatic carbocycles. The molecule has 3 nitrogen and oxygen atoms in total. The van der Waals surface area contributed by atoms with Crippen LogP contribution in [0.3, 0.4) is 0 Å². The van der Waals surface area contributed by atoms with E-state index in [4.69, 9.17) is 5.73 Å². The number of hydrogen-bond donors (Lipinski definition) is 1. The highest BCUT2D eigenvalue weighted by Gasteiger charge is 2.35. The minimum Gasteiger partial charge on any atom is -0.326 e. The summed E-state index contributed by atoms with van der Waals surface area (Å²) in [5, 5.41) is 0. The van der Waals surface area contributed by atoms with Gasteiger partial charge in [0.1, 0.15) is 0 Å². The van der Waals surface area contributed by atoms with E-state index in [0.29, 0.717) is 12.1 Å². The molecule has 4 atom stereocenters. The predicted molar refractivity (Wildman–Crippen MR) is 68.4 cm³/mol. The first-order chi connectivity index (χ1) is 7.58. The second-order valence-corrected chi connectivity index (χ2v) is 6.05. The number of likely N-dealkylation sites (N-methyl/N-ethyl adjacent to an activating group) is 1. The quantitative estimate of drug-likeness (QED) is 0.765. The number of rotatable bonds is 2. The summed E-state index contributed by atoms with van der Waals surface area (Å²) in [6.07, 6.45) is 5.16. The first-order valence-corrected chi connectivity index (χ1v) is 6.74. The smallest absolute Gasteiger partial charge is 0.0250 e. The zero-order valence-electron chi connectivity index (χ0n) is 11.0. The Balaban J connectivity index is 1.92. The van der Waals surface area contributed by atoms with Gasteiger partial charge in [0, 0.05) is 31.2 Å². The molecule has 2 fully saturated rings. The lowest BCUT2D eigenvalue weighted by Crippen LogP contribution is -2.50. The summed E-state index contributed by atoms with van der Waals surface area (Å²) in [4.78, 5) is 5.00. The predicted octanol–water partition coefficient (Wildman–Crippen LogP) is 1.14. The SMILES string of the molecule is CC1CCC(N)C(N2CCC(N(C)C)C2)C1. The van der Waals surface area contributed by atoms with Crippen LogP contribution in [0.1, 0.15) is 32.6 Å². The Morgan fingerprint density at radius 3 is 2.56 bits per heavy atom. The summed E-state index contributed by atoms with van der Waals surface area (Å²) >= 11 is 0. The van der Waals surface area contributed by atoms with Gasteiger partial charge in [0.2, 0.25) is 0 Å². The Kier molecular flexibility index (Phi) is 3.88. The van der Waals surface area contributed by atoms with Crippen LogP contribution in [0.2, 0.25) is 0 Å². The summed E-state index contributed by atoms with van der Waals surface area (Å²) in [6.45, 7) is 4.84. The van der Waals surface area contributed by atoms with Crippen LogP contribution in [-0.2, 0) is 0 Å². The van der Waals surface area contributed by atoms with Crippen molar-refractivity contribution in [1.29, 1.82) is 0 Å². The van der Waals surface area contributed by atoms with Gasteiger partial charge in [-0.25, -0.2) is 0 Å². The maximum absolute atomic E-state index is 6.29. The van der Waals surface area contributed by atoms with E-state index >= 15 is 0 Å². The molecule has 1 saturated heterocycles. The molecule has 1 saturated carbocycles. The van der Waals surface area contributed by atoms with Gasteiger partial charge in [-0.3, -0.25) is 4.90 Å². The molecule has 1 heterocycles. The Bertz CT molecular complexity index is 229. The molecule has 3 heteroatoms. The van der Waals surface area contributed by atoms with Crippen molar-refractivity contribution < 1.29 is 0 Å². The van der Waals surface area contributed by atoms with Gasteiger partial charge in [0.25, 0.3) is 0 Å². The highest BCUT2D eigenvalue weighted by Crippen LogP contribution is 2.29. The van der Waals surface area contributed by atoms with E-state index in [1.165, 1.54) is 38.8 Å². The van der Waals surface area contributed by atoms with Gasteiger partial charge in [-0.2, -0.15) is 0 Å². The maximum atomic E-state index is 6.29. The molecule has 0 bridgehead atoms. The summed E-state index contributed by atoms with van der Waals surface area (Å²) in [7, 11) is 4.38. The van der Waals surface area contributed by atoms with Crippen LogP contribution in [0, 0.1) is 5.92 Å². The lowest BCUT2D eigenvalue weighted by Gasteiger charge is -2.39. The monoisotopic (exact) mass is 225 g/mol. The fourth-order valence-electron chi connectivity index (χ4n) is 3.28. The number of nitrogens with zero attached hydrogens (tertiary/aromatic N) is 2. The van der Waals surface area contributed by atoms with Crippen molar-refractivity contribution in [3.05, 3.63) is 0 Å². The van der Waals surface area contributed by atoms with Gasteiger partial charge in [-0.05, 0) is 45.7 Å². The van der Waals surface area contributed by atoms with Crippen LogP contribution in [0.25, 0.3) is 0 Å². The largest absolute Gasteiger partial charge is 0.326 e. The maximum Gasteiger partial charge on any atom is 0.0250 e. The van der Waals surface area contributed by atoms with E-state index in [0.717, 1.165) is 12.0 Å². The molecule has 2 N–H and O–H groups in total. The number of hydrogen-bond acceptors (Lipinski definition) is 3. The van der Waals surface area contributed by atoms with Gasteiger partial charge >= 0.3 is 0 Å². The molecule has 0 aromatic heterocycles. The van der Waals surface area contributed by atoms with Crippen LogP contribution in [-0.4, -0.2) is 55.1 Å². The van der Waals surface area contributed by atoms with E-state index in [1.807, 2.05) is 0 Å². The Labute approximate surface area is 100.0 Å². The fraction of sp³-hybridized carbons (Fsp3) is 1.00. The first kappa shape index (κ1) is 12.3. The Morgan fingerprint density at radius 2 is 1.94 bits per heavy atom. The van der Waals surface area contributed by atoms with E-state index in [-0.39, 0.29) is 0 Å². The molecule has 4 unspecified atom stereocenters. The second kappa shape index (κ2) is 5.03. The average molecular weight is 225 g/mol. The molecule has 2 aliphatic rings. The molecule has 0 amide bonds. The van der Waals surface area contributed by atoms with Crippen molar-refractivity contribution in [3.8, 4) is 0 Å². The van der Waals surface area contributed by atoms with Gasteiger partial charge in [-0.15, -0.1) is 0 Å². The van der Waals surface area contributed by atoms with Gasteiger partial charge < -0.3 is 10.6 Å². The fourth-order valence-corrected chi connectivity index (χ4v) is 3.28. The summed E-state index contributed by atoms with van der Waals surface area (Å²) in [5.41, 5.74) is 6.29. The lowest BCUT2D eigenvalue weighted by molar-refractivity contribution is 0.132. The highest BCUT2D eigenvalue weighted by molar-refractivity contribution is 4.93. The van der Waals surface area contributed by atoms with Crippen LogP contribution in [0.4, 0.5) is 0 Å². The molecule has 0 aromatic carbocycles. The molecular weight excluding hydrogens is 198 g/mol. The molecular formula is C13H27N3. The number of likely N-dealkylation sites (tertiary alicyclic amines) is 1. The lowest BCUT2D eigenvalue weighted by atomic mass is 9.83. The van der Waals surface area contributed by atoms with E-state index < -0.39 is 0 Å².